The van der Waals surface area contributed by atoms with Crippen LogP contribution in [0.3, 0.4) is 0 Å². The summed E-state index contributed by atoms with van der Waals surface area (Å²) in [7, 11) is 0. The summed E-state index contributed by atoms with van der Waals surface area (Å²) >= 11 is 0. The second-order valence-electron chi connectivity index (χ2n) is 5.05. The second-order valence-corrected chi connectivity index (χ2v) is 5.05. The van der Waals surface area contributed by atoms with E-state index < -0.39 is 0 Å². The molecule has 1 atom stereocenters. The van der Waals surface area contributed by atoms with E-state index in [9.17, 15) is 4.79 Å². The van der Waals surface area contributed by atoms with Gasteiger partial charge in [-0.05, 0) is 18.9 Å². The van der Waals surface area contributed by atoms with Crippen LogP contribution in [-0.4, -0.2) is 19.5 Å². The van der Waals surface area contributed by atoms with E-state index in [0.29, 0.717) is 0 Å². The normalized spacial score (nSPS) is 13.1. The molecule has 20 heavy (non-hydrogen) atoms. The third kappa shape index (κ3) is 1.90. The highest BCUT2D eigenvalue weighted by atomic mass is 16.1. The molecule has 3 rings (SSSR count). The van der Waals surface area contributed by atoms with Crippen LogP contribution < -0.4 is 5.56 Å². The molecule has 3 aromatic rings. The molecule has 0 aliphatic rings. The van der Waals surface area contributed by atoms with Gasteiger partial charge in [0.1, 0.15) is 11.2 Å². The molecule has 5 heteroatoms. The number of fused-ring (bicyclic) bond motifs is 3. The van der Waals surface area contributed by atoms with Gasteiger partial charge in [0.2, 0.25) is 0 Å². The van der Waals surface area contributed by atoms with Gasteiger partial charge in [0, 0.05) is 17.6 Å². The van der Waals surface area contributed by atoms with E-state index in [0.717, 1.165) is 41.3 Å². The van der Waals surface area contributed by atoms with Crippen molar-refractivity contribution in [3.8, 4) is 0 Å². The van der Waals surface area contributed by atoms with Crippen molar-refractivity contribution in [1.82, 2.24) is 19.5 Å². The van der Waals surface area contributed by atoms with E-state index >= 15 is 0 Å². The molecule has 0 amide bonds. The van der Waals surface area contributed by atoms with Gasteiger partial charge in [-0.1, -0.05) is 20.3 Å². The molecule has 3 heterocycles. The Labute approximate surface area is 116 Å². The Morgan fingerprint density at radius 3 is 2.90 bits per heavy atom. The SMILES string of the molecule is CCCC(CC)n1c(=O)cnc2cnc3[nH]ccc3c21. The van der Waals surface area contributed by atoms with Crippen LogP contribution in [0, 0.1) is 0 Å². The van der Waals surface area contributed by atoms with Gasteiger partial charge >= 0.3 is 0 Å². The minimum atomic E-state index is -0.0356. The van der Waals surface area contributed by atoms with E-state index in [2.05, 4.69) is 28.8 Å². The number of nitrogens with zero attached hydrogens (tertiary/aromatic N) is 3. The summed E-state index contributed by atoms with van der Waals surface area (Å²) in [4.78, 5) is 24.0. The summed E-state index contributed by atoms with van der Waals surface area (Å²) in [6.45, 7) is 4.26. The molecule has 0 aliphatic heterocycles. The van der Waals surface area contributed by atoms with Gasteiger partial charge in [-0.3, -0.25) is 4.79 Å². The number of pyridine rings is 1. The molecule has 5 nitrogen and oxygen atoms in total. The molecule has 0 bridgehead atoms. The second kappa shape index (κ2) is 5.07. The van der Waals surface area contributed by atoms with E-state index in [4.69, 9.17) is 0 Å². The third-order valence-corrected chi connectivity index (χ3v) is 3.79. The van der Waals surface area contributed by atoms with Crippen molar-refractivity contribution in [2.75, 3.05) is 0 Å². The lowest BCUT2D eigenvalue weighted by Crippen LogP contribution is -2.25. The molecule has 0 aliphatic carbocycles. The van der Waals surface area contributed by atoms with E-state index in [-0.39, 0.29) is 11.6 Å². The molecule has 0 spiro atoms. The first kappa shape index (κ1) is 12.8. The predicted molar refractivity (Wildman–Crippen MR) is 79.9 cm³/mol. The minimum absolute atomic E-state index is 0.0356. The smallest absolute Gasteiger partial charge is 0.269 e. The zero-order chi connectivity index (χ0) is 14.1. The molecule has 0 saturated heterocycles. The van der Waals surface area contributed by atoms with Crippen LogP contribution in [0.2, 0.25) is 0 Å². The molecule has 104 valence electrons. The van der Waals surface area contributed by atoms with Gasteiger partial charge in [-0.15, -0.1) is 0 Å². The maximum Gasteiger partial charge on any atom is 0.269 e. The van der Waals surface area contributed by atoms with Crippen molar-refractivity contribution in [1.29, 1.82) is 0 Å². The monoisotopic (exact) mass is 270 g/mol. The molecule has 1 N–H and O–H groups in total. The summed E-state index contributed by atoms with van der Waals surface area (Å²) in [6.07, 6.45) is 7.95. The zero-order valence-corrected chi connectivity index (χ0v) is 11.8. The third-order valence-electron chi connectivity index (χ3n) is 3.79. The fraction of sp³-hybridized carbons (Fsp3) is 0.400. The Hall–Kier alpha value is -2.17. The fourth-order valence-electron chi connectivity index (χ4n) is 2.84. The fourth-order valence-corrected chi connectivity index (χ4v) is 2.84. The highest BCUT2D eigenvalue weighted by Crippen LogP contribution is 2.25. The lowest BCUT2D eigenvalue weighted by molar-refractivity contribution is 0.448. The van der Waals surface area contributed by atoms with Gasteiger partial charge in [-0.2, -0.15) is 0 Å². The van der Waals surface area contributed by atoms with E-state index in [1.165, 1.54) is 6.20 Å². The van der Waals surface area contributed by atoms with Crippen LogP contribution >= 0.6 is 0 Å². The molecule has 0 fully saturated rings. The first-order valence-electron chi connectivity index (χ1n) is 7.09. The Morgan fingerprint density at radius 2 is 2.15 bits per heavy atom. The Morgan fingerprint density at radius 1 is 1.30 bits per heavy atom. The number of aromatic nitrogens is 4. The maximum atomic E-state index is 12.3. The summed E-state index contributed by atoms with van der Waals surface area (Å²) in [5.74, 6) is 0. The van der Waals surface area contributed by atoms with E-state index in [1.54, 1.807) is 6.20 Å². The van der Waals surface area contributed by atoms with Gasteiger partial charge in [0.05, 0.1) is 17.9 Å². The average molecular weight is 270 g/mol. The topological polar surface area (TPSA) is 63.6 Å². The summed E-state index contributed by atoms with van der Waals surface area (Å²) in [5, 5.41) is 0.960. The maximum absolute atomic E-state index is 12.3. The summed E-state index contributed by atoms with van der Waals surface area (Å²) in [5.41, 5.74) is 2.42. The standard InChI is InChI=1S/C15H18N4O/c1-3-5-10(4-2)19-13(20)9-17-12-8-18-15-11(14(12)19)6-7-16-15/h6-10H,3-5H2,1-2H3,(H,16,18). The van der Waals surface area contributed by atoms with E-state index in [1.807, 2.05) is 16.8 Å². The largest absolute Gasteiger partial charge is 0.346 e. The lowest BCUT2D eigenvalue weighted by atomic mass is 10.1. The van der Waals surface area contributed by atoms with Gasteiger partial charge in [0.25, 0.3) is 5.56 Å². The summed E-state index contributed by atoms with van der Waals surface area (Å²) < 4.78 is 1.89. The molecule has 0 aromatic carbocycles. The summed E-state index contributed by atoms with van der Waals surface area (Å²) in [6, 6.07) is 2.17. The highest BCUT2D eigenvalue weighted by Gasteiger charge is 2.16. The number of hydrogen-bond donors (Lipinski definition) is 1. The first-order chi connectivity index (χ1) is 9.76. The molecule has 0 radical (unpaired) electrons. The number of hydrogen-bond acceptors (Lipinski definition) is 3. The van der Waals surface area contributed by atoms with Crippen LogP contribution in [0.5, 0.6) is 0 Å². The van der Waals surface area contributed by atoms with Crippen LogP contribution in [-0.2, 0) is 0 Å². The molecular formula is C15H18N4O. The molecule has 1 unspecified atom stereocenters. The Balaban J connectivity index is 2.41. The van der Waals surface area contributed by atoms with Gasteiger partial charge < -0.3 is 9.55 Å². The number of aromatic amines is 1. The molecule has 3 aromatic heterocycles. The Kier molecular flexibility index (Phi) is 3.26. The minimum Gasteiger partial charge on any atom is -0.346 e. The predicted octanol–water partition coefficient (Wildman–Crippen LogP) is 3.02. The van der Waals surface area contributed by atoms with Crippen LogP contribution in [0.25, 0.3) is 22.1 Å². The average Bonchev–Trinajstić information content (AvgIpc) is 2.94. The van der Waals surface area contributed by atoms with Crippen molar-refractivity contribution in [3.63, 3.8) is 0 Å². The molecular weight excluding hydrogens is 252 g/mol. The van der Waals surface area contributed by atoms with Gasteiger partial charge in [-0.25, -0.2) is 9.97 Å². The molecule has 0 saturated carbocycles. The first-order valence-corrected chi connectivity index (χ1v) is 7.09. The van der Waals surface area contributed by atoms with Crippen molar-refractivity contribution in [2.24, 2.45) is 0 Å². The van der Waals surface area contributed by atoms with Crippen molar-refractivity contribution in [2.45, 2.75) is 39.2 Å². The zero-order valence-electron chi connectivity index (χ0n) is 11.8. The number of rotatable bonds is 4. The van der Waals surface area contributed by atoms with Crippen molar-refractivity contribution < 1.29 is 0 Å². The number of nitrogens with one attached hydrogen (secondary N) is 1. The quantitative estimate of drug-likeness (QED) is 0.792. The van der Waals surface area contributed by atoms with Gasteiger partial charge in [0.15, 0.2) is 0 Å². The van der Waals surface area contributed by atoms with Crippen molar-refractivity contribution >= 4 is 22.1 Å². The van der Waals surface area contributed by atoms with Crippen molar-refractivity contribution in [3.05, 3.63) is 35.0 Å². The lowest BCUT2D eigenvalue weighted by Gasteiger charge is -2.19. The van der Waals surface area contributed by atoms with Crippen LogP contribution in [0.1, 0.15) is 39.2 Å². The van der Waals surface area contributed by atoms with Crippen LogP contribution in [0.15, 0.2) is 29.5 Å². The number of H-pyrrole nitrogens is 1. The van der Waals surface area contributed by atoms with Crippen LogP contribution in [0.4, 0.5) is 0 Å². The Bertz CT molecular complexity index is 802. The highest BCUT2D eigenvalue weighted by molar-refractivity contribution is 6.00.